The van der Waals surface area contributed by atoms with Gasteiger partial charge < -0.3 is 15.3 Å². The summed E-state index contributed by atoms with van der Waals surface area (Å²) in [4.78, 5) is 32.5. The molecule has 0 aliphatic carbocycles. The van der Waals surface area contributed by atoms with Crippen molar-refractivity contribution in [2.24, 2.45) is 5.41 Å². The highest BCUT2D eigenvalue weighted by atomic mass is 35.5. The maximum absolute atomic E-state index is 15.7. The Labute approximate surface area is 234 Å². The Morgan fingerprint density at radius 1 is 1.25 bits per heavy atom. The summed E-state index contributed by atoms with van der Waals surface area (Å²) in [5, 5.41) is 19.6. The van der Waals surface area contributed by atoms with E-state index in [1.807, 2.05) is 11.8 Å². The molecular weight excluding hydrogens is 549 g/mol. The predicted molar refractivity (Wildman–Crippen MR) is 143 cm³/mol. The van der Waals surface area contributed by atoms with Crippen LogP contribution in [0, 0.1) is 29.8 Å². The summed E-state index contributed by atoms with van der Waals surface area (Å²) in [6.07, 6.45) is -0.215. The molecule has 0 radical (unpaired) electrons. The van der Waals surface area contributed by atoms with Crippen molar-refractivity contribution in [2.75, 3.05) is 26.0 Å². The Bertz CT molecular complexity index is 1450. The Morgan fingerprint density at radius 2 is 1.98 bits per heavy atom. The molecule has 0 spiro atoms. The van der Waals surface area contributed by atoms with Crippen LogP contribution in [0.2, 0.25) is 5.02 Å². The average molecular weight is 579 g/mol. The van der Waals surface area contributed by atoms with E-state index >= 15 is 8.78 Å². The smallest absolute Gasteiger partial charge is 0.310 e. The van der Waals surface area contributed by atoms with Crippen LogP contribution >= 0.6 is 11.6 Å². The van der Waals surface area contributed by atoms with E-state index in [1.165, 1.54) is 20.2 Å². The molecule has 1 aromatic carbocycles. The second kappa shape index (κ2) is 11.5. The van der Waals surface area contributed by atoms with Crippen LogP contribution in [-0.4, -0.2) is 68.6 Å². The summed E-state index contributed by atoms with van der Waals surface area (Å²) in [7, 11) is 2.70. The number of nitrogens with zero attached hydrogens (tertiary/aromatic N) is 4. The number of benzene rings is 1. The molecule has 4 rings (SSSR count). The van der Waals surface area contributed by atoms with Crippen LogP contribution in [0.25, 0.3) is 0 Å². The molecular formula is C27H30ClF3N6O3. The van der Waals surface area contributed by atoms with Gasteiger partial charge in [0.25, 0.3) is 5.91 Å². The number of aliphatic carboxylic acids is 1. The molecule has 1 amide bonds. The highest BCUT2D eigenvalue weighted by Crippen LogP contribution is 2.40. The third kappa shape index (κ3) is 5.78. The molecule has 40 heavy (non-hydrogen) atoms. The number of rotatable bonds is 8. The quantitative estimate of drug-likeness (QED) is 0.347. The first-order valence-electron chi connectivity index (χ1n) is 12.6. The molecule has 2 aromatic heterocycles. The fourth-order valence-electron chi connectivity index (χ4n) is 5.06. The SMILES string of the molecule is Cc1cc(Nc2nc(C[C@@]3(C(=O)O)CCN(Cc4cccc(Cl)c4F)[C@H](C)C3)c(F)c(C(=O)N(C)C)c2F)n[nH]1. The number of likely N-dealkylation sites (tertiary alicyclic amines) is 1. The van der Waals surface area contributed by atoms with Gasteiger partial charge in [-0.15, -0.1) is 0 Å². The molecule has 3 aromatic rings. The Kier molecular flexibility index (Phi) is 8.41. The van der Waals surface area contributed by atoms with Crippen molar-refractivity contribution >= 4 is 35.1 Å². The number of hydrogen-bond acceptors (Lipinski definition) is 6. The second-order valence-electron chi connectivity index (χ2n) is 10.4. The summed E-state index contributed by atoms with van der Waals surface area (Å²) in [6.45, 7) is 4.01. The van der Waals surface area contributed by atoms with Crippen LogP contribution in [0.1, 0.15) is 47.1 Å². The van der Waals surface area contributed by atoms with E-state index in [1.54, 1.807) is 25.1 Å². The number of halogens is 4. The molecule has 13 heteroatoms. The van der Waals surface area contributed by atoms with E-state index in [0.717, 1.165) is 4.90 Å². The van der Waals surface area contributed by atoms with Crippen LogP contribution in [0.5, 0.6) is 0 Å². The van der Waals surface area contributed by atoms with Gasteiger partial charge in [-0.05, 0) is 39.3 Å². The normalized spacial score (nSPS) is 19.4. The van der Waals surface area contributed by atoms with Gasteiger partial charge in [-0.3, -0.25) is 19.6 Å². The molecule has 3 heterocycles. The molecule has 0 bridgehead atoms. The van der Waals surface area contributed by atoms with E-state index < -0.39 is 46.1 Å². The van der Waals surface area contributed by atoms with Crippen molar-refractivity contribution in [3.05, 3.63) is 69.3 Å². The number of carbonyl (C=O) groups is 2. The summed E-state index contributed by atoms with van der Waals surface area (Å²) < 4.78 is 45.7. The van der Waals surface area contributed by atoms with Crippen LogP contribution < -0.4 is 5.32 Å². The van der Waals surface area contributed by atoms with Gasteiger partial charge in [0.2, 0.25) is 0 Å². The standard InChI is InChI=1S/C27H30ClF3N6O3/c1-14-10-19(35-34-14)33-24-23(31)20(25(38)36(3)4)22(30)18(32-24)12-27(26(39)40)8-9-37(15(2)11-27)13-16-6-5-7-17(28)21(16)29/h5-7,10,15H,8-9,11-13H2,1-4H3,(H,39,40)(H2,32,33,34,35)/t15-,27-/m1/s1. The lowest BCUT2D eigenvalue weighted by Gasteiger charge is -2.43. The minimum atomic E-state index is -1.47. The topological polar surface area (TPSA) is 114 Å². The van der Waals surface area contributed by atoms with Crippen LogP contribution in [0.3, 0.4) is 0 Å². The average Bonchev–Trinajstić information content (AvgIpc) is 3.30. The number of amides is 1. The molecule has 0 saturated carbocycles. The number of carbonyl (C=O) groups excluding carboxylic acids is 1. The van der Waals surface area contributed by atoms with E-state index in [9.17, 15) is 19.1 Å². The fourth-order valence-corrected chi connectivity index (χ4v) is 5.25. The number of hydrogen-bond donors (Lipinski definition) is 3. The largest absolute Gasteiger partial charge is 0.481 e. The van der Waals surface area contributed by atoms with E-state index in [4.69, 9.17) is 11.6 Å². The Balaban J connectivity index is 1.68. The summed E-state index contributed by atoms with van der Waals surface area (Å²) in [6, 6.07) is 5.94. The molecule has 3 N–H and O–H groups in total. The number of aromatic amines is 1. The molecule has 1 fully saturated rings. The summed E-state index contributed by atoms with van der Waals surface area (Å²) in [5.74, 6) is -5.32. The van der Waals surface area contributed by atoms with Crippen LogP contribution in [0.4, 0.5) is 24.8 Å². The van der Waals surface area contributed by atoms with Gasteiger partial charge in [0.05, 0.1) is 16.1 Å². The van der Waals surface area contributed by atoms with Crippen LogP contribution in [-0.2, 0) is 17.8 Å². The van der Waals surface area contributed by atoms with Gasteiger partial charge in [-0.1, -0.05) is 23.7 Å². The molecule has 1 aliphatic heterocycles. The first kappa shape index (κ1) is 29.3. The van der Waals surface area contributed by atoms with Crippen molar-refractivity contribution < 1.29 is 27.9 Å². The summed E-state index contributed by atoms with van der Waals surface area (Å²) in [5.41, 5.74) is -1.62. The Hall–Kier alpha value is -3.64. The minimum absolute atomic E-state index is 0.00241. The molecule has 214 valence electrons. The lowest BCUT2D eigenvalue weighted by Crippen LogP contribution is -2.50. The zero-order valence-corrected chi connectivity index (χ0v) is 23.2. The molecule has 0 unspecified atom stereocenters. The number of carboxylic acids is 1. The summed E-state index contributed by atoms with van der Waals surface area (Å²) >= 11 is 5.91. The Morgan fingerprint density at radius 3 is 2.58 bits per heavy atom. The monoisotopic (exact) mass is 578 g/mol. The number of piperidine rings is 1. The maximum Gasteiger partial charge on any atom is 0.310 e. The van der Waals surface area contributed by atoms with Crippen molar-refractivity contribution in [3.63, 3.8) is 0 Å². The zero-order chi connectivity index (χ0) is 29.4. The zero-order valence-electron chi connectivity index (χ0n) is 22.5. The minimum Gasteiger partial charge on any atom is -0.481 e. The number of pyridine rings is 1. The number of aryl methyl sites for hydroxylation is 1. The van der Waals surface area contributed by atoms with Gasteiger partial charge in [0, 0.05) is 50.4 Å². The first-order chi connectivity index (χ1) is 18.8. The maximum atomic E-state index is 15.7. The van der Waals surface area contributed by atoms with Crippen molar-refractivity contribution in [3.8, 4) is 0 Å². The lowest BCUT2D eigenvalue weighted by atomic mass is 9.72. The van der Waals surface area contributed by atoms with Crippen molar-refractivity contribution in [2.45, 2.75) is 45.7 Å². The van der Waals surface area contributed by atoms with E-state index in [0.29, 0.717) is 11.3 Å². The molecule has 1 aliphatic rings. The third-order valence-electron chi connectivity index (χ3n) is 7.27. The van der Waals surface area contributed by atoms with E-state index in [2.05, 4.69) is 20.5 Å². The number of nitrogens with one attached hydrogen (secondary N) is 2. The number of H-pyrrole nitrogens is 1. The van der Waals surface area contributed by atoms with Crippen LogP contribution in [0.15, 0.2) is 24.3 Å². The van der Waals surface area contributed by atoms with Gasteiger partial charge >= 0.3 is 5.97 Å². The molecule has 1 saturated heterocycles. The first-order valence-corrected chi connectivity index (χ1v) is 13.0. The molecule has 2 atom stereocenters. The predicted octanol–water partition coefficient (Wildman–Crippen LogP) is 4.93. The third-order valence-corrected chi connectivity index (χ3v) is 7.56. The van der Waals surface area contributed by atoms with Crippen molar-refractivity contribution in [1.29, 1.82) is 0 Å². The fraction of sp³-hybridized carbons (Fsp3) is 0.407. The number of carboxylic acid groups (broad SMARTS) is 1. The number of aromatic nitrogens is 3. The van der Waals surface area contributed by atoms with Gasteiger partial charge in [0.15, 0.2) is 23.3 Å². The lowest BCUT2D eigenvalue weighted by molar-refractivity contribution is -0.153. The number of anilines is 2. The van der Waals surface area contributed by atoms with Gasteiger partial charge in [-0.2, -0.15) is 5.10 Å². The highest BCUT2D eigenvalue weighted by Gasteiger charge is 2.46. The molecule has 9 nitrogen and oxygen atoms in total. The highest BCUT2D eigenvalue weighted by molar-refractivity contribution is 6.30. The van der Waals surface area contributed by atoms with Gasteiger partial charge in [-0.25, -0.2) is 18.2 Å². The van der Waals surface area contributed by atoms with Gasteiger partial charge in [0.1, 0.15) is 11.4 Å². The second-order valence-corrected chi connectivity index (χ2v) is 10.8. The van der Waals surface area contributed by atoms with Crippen molar-refractivity contribution in [1.82, 2.24) is 25.0 Å². The van der Waals surface area contributed by atoms with E-state index in [-0.39, 0.29) is 54.9 Å².